The number of nitrogens with zero attached hydrogens (tertiary/aromatic N) is 2. The number of fused-ring (bicyclic) bond motifs is 1. The highest BCUT2D eigenvalue weighted by Gasteiger charge is 2.72. The number of halogens is 1. The molecule has 5 atom stereocenters. The number of carbonyl (C=O) groups is 3. The van der Waals surface area contributed by atoms with E-state index in [0.717, 1.165) is 63.2 Å². The maximum absolute atomic E-state index is 14.2. The van der Waals surface area contributed by atoms with E-state index in [-0.39, 0.29) is 23.8 Å². The molecule has 6 rings (SSSR count). The Morgan fingerprint density at radius 1 is 1.07 bits per heavy atom. The number of piperidine rings is 1. The van der Waals surface area contributed by atoms with Crippen LogP contribution in [0.2, 0.25) is 5.02 Å². The van der Waals surface area contributed by atoms with Crippen LogP contribution >= 0.6 is 11.6 Å². The molecule has 1 spiro atoms. The van der Waals surface area contributed by atoms with Crippen molar-refractivity contribution < 1.29 is 19.1 Å². The van der Waals surface area contributed by atoms with Gasteiger partial charge in [0, 0.05) is 23.3 Å². The van der Waals surface area contributed by atoms with Crippen LogP contribution in [-0.4, -0.2) is 77.5 Å². The number of likely N-dealkylation sites (tertiary alicyclic amines) is 2. The average molecular weight is 583 g/mol. The lowest BCUT2D eigenvalue weighted by atomic mass is 9.74. The van der Waals surface area contributed by atoms with E-state index in [0.29, 0.717) is 17.3 Å². The van der Waals surface area contributed by atoms with Gasteiger partial charge < -0.3 is 25.2 Å². The molecule has 4 fully saturated rings. The number of amides is 3. The lowest BCUT2D eigenvalue weighted by molar-refractivity contribution is -0.141. The van der Waals surface area contributed by atoms with E-state index in [9.17, 15) is 14.4 Å². The quantitative estimate of drug-likeness (QED) is 0.446. The molecule has 4 aliphatic heterocycles. The van der Waals surface area contributed by atoms with Crippen LogP contribution < -0.4 is 10.6 Å². The van der Waals surface area contributed by atoms with Crippen molar-refractivity contribution in [3.05, 3.63) is 40.9 Å². The van der Waals surface area contributed by atoms with E-state index < -0.39 is 29.6 Å². The smallest absolute Gasteiger partial charge is 0.246 e. The summed E-state index contributed by atoms with van der Waals surface area (Å²) < 4.78 is 6.50. The summed E-state index contributed by atoms with van der Waals surface area (Å²) in [6, 6.07) is 4.72. The van der Waals surface area contributed by atoms with E-state index >= 15 is 0 Å². The second kappa shape index (κ2) is 11.7. The Kier molecular flexibility index (Phi) is 8.18. The minimum absolute atomic E-state index is 0.118. The minimum Gasteiger partial charge on any atom is -0.359 e. The summed E-state index contributed by atoms with van der Waals surface area (Å²) in [6.07, 6.45) is 11.7. The number of ether oxygens (including phenoxy) is 1. The molecular weight excluding hydrogens is 540 g/mol. The fraction of sp³-hybridized carbons (Fsp3) is 0.656. The van der Waals surface area contributed by atoms with Gasteiger partial charge in [0.25, 0.3) is 0 Å². The largest absolute Gasteiger partial charge is 0.359 e. The maximum atomic E-state index is 14.2. The molecule has 1 aliphatic carbocycles. The molecule has 1 aromatic rings. The predicted molar refractivity (Wildman–Crippen MR) is 159 cm³/mol. The lowest BCUT2D eigenvalue weighted by Gasteiger charge is -2.35. The van der Waals surface area contributed by atoms with Gasteiger partial charge in [-0.1, -0.05) is 56.0 Å². The summed E-state index contributed by atoms with van der Waals surface area (Å²) in [5, 5.41) is 6.80. The Balaban J connectivity index is 1.23. The fourth-order valence-electron chi connectivity index (χ4n) is 7.68. The monoisotopic (exact) mass is 582 g/mol. The summed E-state index contributed by atoms with van der Waals surface area (Å²) in [5.41, 5.74) is 0.368. The van der Waals surface area contributed by atoms with Crippen LogP contribution in [0, 0.1) is 24.7 Å². The van der Waals surface area contributed by atoms with Crippen molar-refractivity contribution in [2.45, 2.75) is 89.0 Å². The topological polar surface area (TPSA) is 91.0 Å². The number of aryl methyl sites for hydroxylation is 1. The standard InChI is InChI=1S/C32H43ClN4O4/c1-20-12-17-36(18-13-20)15-6-16-37-28(30(39)34-22-7-4-3-5-8-22)32-14-11-25(41-32)26(27(32)31(37)40)29(38)35-23-10-9-21(2)24(33)19-23/h9-11,14,19-20,22,25-28H,3-8,12-13,15-18H2,1-2H3,(H,34,39)(H,35,38). The van der Waals surface area contributed by atoms with E-state index in [2.05, 4.69) is 22.5 Å². The molecule has 2 bridgehead atoms. The number of rotatable bonds is 8. The van der Waals surface area contributed by atoms with Crippen molar-refractivity contribution in [2.24, 2.45) is 17.8 Å². The third-order valence-corrected chi connectivity index (χ3v) is 10.5. The average Bonchev–Trinajstić information content (AvgIpc) is 3.60. The number of anilines is 1. The van der Waals surface area contributed by atoms with Crippen LogP contribution in [0.1, 0.15) is 63.9 Å². The summed E-state index contributed by atoms with van der Waals surface area (Å²) in [7, 11) is 0. The lowest BCUT2D eigenvalue weighted by Crippen LogP contribution is -2.56. The van der Waals surface area contributed by atoms with E-state index in [1.54, 1.807) is 11.0 Å². The van der Waals surface area contributed by atoms with Crippen LogP contribution in [0.15, 0.2) is 30.4 Å². The van der Waals surface area contributed by atoms with Gasteiger partial charge in [0.1, 0.15) is 11.6 Å². The summed E-state index contributed by atoms with van der Waals surface area (Å²) in [5.74, 6) is -1.29. The number of nitrogens with one attached hydrogen (secondary N) is 2. The summed E-state index contributed by atoms with van der Waals surface area (Å²) in [4.78, 5) is 46.0. The second-order valence-electron chi connectivity index (χ2n) is 12.9. The molecular formula is C32H43ClN4O4. The van der Waals surface area contributed by atoms with Crippen molar-refractivity contribution in [2.75, 3.05) is 31.5 Å². The molecule has 5 aliphatic rings. The molecule has 0 aromatic heterocycles. The molecule has 5 unspecified atom stereocenters. The van der Waals surface area contributed by atoms with Gasteiger partial charge in [-0.25, -0.2) is 0 Å². The van der Waals surface area contributed by atoms with E-state index in [1.807, 2.05) is 31.2 Å². The van der Waals surface area contributed by atoms with Gasteiger partial charge in [0.15, 0.2) is 0 Å². The highest BCUT2D eigenvalue weighted by atomic mass is 35.5. The fourth-order valence-corrected chi connectivity index (χ4v) is 7.86. The first-order chi connectivity index (χ1) is 19.8. The van der Waals surface area contributed by atoms with Crippen molar-refractivity contribution in [3.8, 4) is 0 Å². The Hall–Kier alpha value is -2.42. The first-order valence-corrected chi connectivity index (χ1v) is 15.9. The first kappa shape index (κ1) is 28.7. The molecule has 9 heteroatoms. The number of benzene rings is 1. The molecule has 4 heterocycles. The molecule has 0 radical (unpaired) electrons. The molecule has 222 valence electrons. The molecule has 41 heavy (non-hydrogen) atoms. The van der Waals surface area contributed by atoms with Crippen molar-refractivity contribution >= 4 is 35.0 Å². The highest BCUT2D eigenvalue weighted by Crippen LogP contribution is 2.55. The molecule has 1 saturated carbocycles. The maximum Gasteiger partial charge on any atom is 0.246 e. The molecule has 3 amide bonds. The van der Waals surface area contributed by atoms with Crippen LogP contribution in [-0.2, 0) is 19.1 Å². The zero-order chi connectivity index (χ0) is 28.7. The van der Waals surface area contributed by atoms with Crippen molar-refractivity contribution in [1.82, 2.24) is 15.1 Å². The van der Waals surface area contributed by atoms with Gasteiger partial charge >= 0.3 is 0 Å². The zero-order valence-corrected chi connectivity index (χ0v) is 25.0. The number of hydrogen-bond donors (Lipinski definition) is 2. The molecule has 3 saturated heterocycles. The minimum atomic E-state index is -1.13. The van der Waals surface area contributed by atoms with Crippen molar-refractivity contribution in [1.29, 1.82) is 0 Å². The molecule has 2 N–H and O–H groups in total. The normalized spacial score (nSPS) is 32.0. The molecule has 8 nitrogen and oxygen atoms in total. The third-order valence-electron chi connectivity index (χ3n) is 10.1. The van der Waals surface area contributed by atoms with Gasteiger partial charge in [-0.2, -0.15) is 0 Å². The van der Waals surface area contributed by atoms with Gasteiger partial charge in [-0.3, -0.25) is 14.4 Å². The SMILES string of the molecule is Cc1ccc(NC(=O)C2C3C=CC4(O3)C2C(=O)N(CCCN2CCC(C)CC2)C4C(=O)NC2CCCCC2)cc1Cl. The van der Waals surface area contributed by atoms with Gasteiger partial charge in [0.2, 0.25) is 17.7 Å². The second-order valence-corrected chi connectivity index (χ2v) is 13.3. The van der Waals surface area contributed by atoms with Gasteiger partial charge in [-0.05, 0) is 82.3 Å². The van der Waals surface area contributed by atoms with Crippen LogP contribution in [0.5, 0.6) is 0 Å². The Morgan fingerprint density at radius 2 is 1.83 bits per heavy atom. The first-order valence-electron chi connectivity index (χ1n) is 15.5. The van der Waals surface area contributed by atoms with E-state index in [1.165, 1.54) is 19.3 Å². The third kappa shape index (κ3) is 5.43. The highest BCUT2D eigenvalue weighted by molar-refractivity contribution is 6.31. The van der Waals surface area contributed by atoms with Crippen molar-refractivity contribution in [3.63, 3.8) is 0 Å². The van der Waals surface area contributed by atoms with Gasteiger partial charge in [0.05, 0.1) is 17.9 Å². The van der Waals surface area contributed by atoms with Gasteiger partial charge in [-0.15, -0.1) is 0 Å². The summed E-state index contributed by atoms with van der Waals surface area (Å²) >= 11 is 6.30. The van der Waals surface area contributed by atoms with Crippen LogP contribution in [0.25, 0.3) is 0 Å². The Morgan fingerprint density at radius 3 is 2.56 bits per heavy atom. The predicted octanol–water partition coefficient (Wildman–Crippen LogP) is 4.31. The number of carbonyl (C=O) groups excluding carboxylic acids is 3. The zero-order valence-electron chi connectivity index (χ0n) is 24.2. The van der Waals surface area contributed by atoms with Crippen LogP contribution in [0.3, 0.4) is 0 Å². The van der Waals surface area contributed by atoms with Crippen LogP contribution in [0.4, 0.5) is 5.69 Å². The summed E-state index contributed by atoms with van der Waals surface area (Å²) in [6.45, 7) is 7.72. The van der Waals surface area contributed by atoms with E-state index in [4.69, 9.17) is 16.3 Å². The molecule has 1 aromatic carbocycles. The Labute approximate surface area is 248 Å². The Bertz CT molecular complexity index is 1210. The number of hydrogen-bond acceptors (Lipinski definition) is 5.